The number of para-hydroxylation sites is 1. The summed E-state index contributed by atoms with van der Waals surface area (Å²) >= 11 is 0. The normalized spacial score (nSPS) is 10.9. The fourth-order valence-corrected chi connectivity index (χ4v) is 3.25. The molecule has 148 valence electrons. The predicted octanol–water partition coefficient (Wildman–Crippen LogP) is 1.69. The molecule has 0 spiro atoms. The van der Waals surface area contributed by atoms with E-state index < -0.39 is 26.8 Å². The highest BCUT2D eigenvalue weighted by molar-refractivity contribution is 7.89. The number of nitrogens with one attached hydrogen (secondary N) is 2. The number of nitrogens with zero attached hydrogens (tertiary/aromatic N) is 1. The van der Waals surface area contributed by atoms with E-state index in [4.69, 9.17) is 0 Å². The summed E-state index contributed by atoms with van der Waals surface area (Å²) in [6.45, 7) is -0.203. The van der Waals surface area contributed by atoms with Crippen LogP contribution in [-0.4, -0.2) is 38.9 Å². The first kappa shape index (κ1) is 21.0. The van der Waals surface area contributed by atoms with Crippen LogP contribution in [0.5, 0.6) is 0 Å². The first-order chi connectivity index (χ1) is 13.2. The van der Waals surface area contributed by atoms with E-state index in [9.17, 15) is 28.1 Å². The van der Waals surface area contributed by atoms with Crippen LogP contribution in [0.15, 0.2) is 53.4 Å². The molecule has 0 atom stereocenters. The van der Waals surface area contributed by atoms with Crippen molar-refractivity contribution in [2.75, 3.05) is 19.0 Å². The standard InChI is InChI=1S/C17H17N3O7S/c1-27-17(22)14-4-2-3-5-15(14)19-16(21)10-11-18-28(25,26)13-8-6-12(7-9-13)20(23)24/h2-9,18H,10-11H2,1H3,(H,19,21). The minimum Gasteiger partial charge on any atom is -0.465 e. The first-order valence-electron chi connectivity index (χ1n) is 7.96. The number of hydrogen-bond donors (Lipinski definition) is 2. The number of methoxy groups -OCH3 is 1. The second kappa shape index (κ2) is 9.06. The zero-order valence-corrected chi connectivity index (χ0v) is 15.6. The maximum absolute atomic E-state index is 12.2. The van der Waals surface area contributed by atoms with Crippen molar-refractivity contribution in [2.45, 2.75) is 11.3 Å². The third kappa shape index (κ3) is 5.34. The van der Waals surface area contributed by atoms with Gasteiger partial charge in [-0.2, -0.15) is 0 Å². The summed E-state index contributed by atoms with van der Waals surface area (Å²) in [6, 6.07) is 10.6. The Bertz CT molecular complexity index is 988. The number of non-ortho nitro benzene ring substituents is 1. The van der Waals surface area contributed by atoms with Crippen LogP contribution in [-0.2, 0) is 19.6 Å². The number of rotatable bonds is 8. The number of carbonyl (C=O) groups excluding carboxylic acids is 2. The van der Waals surface area contributed by atoms with Crippen LogP contribution in [0.1, 0.15) is 16.8 Å². The molecule has 0 saturated heterocycles. The number of nitro benzene ring substituents is 1. The Morgan fingerprint density at radius 1 is 1.11 bits per heavy atom. The van der Waals surface area contributed by atoms with Crippen molar-refractivity contribution in [2.24, 2.45) is 0 Å². The lowest BCUT2D eigenvalue weighted by Crippen LogP contribution is -2.28. The number of benzene rings is 2. The number of nitro groups is 1. The Kier molecular flexibility index (Phi) is 6.79. The molecule has 0 aliphatic rings. The summed E-state index contributed by atoms with van der Waals surface area (Å²) in [5.41, 5.74) is 0.185. The number of sulfonamides is 1. The van der Waals surface area contributed by atoms with Crippen molar-refractivity contribution in [3.05, 3.63) is 64.2 Å². The number of anilines is 1. The van der Waals surface area contributed by atoms with Crippen molar-refractivity contribution in [1.29, 1.82) is 0 Å². The third-order valence-corrected chi connectivity index (χ3v) is 5.09. The summed E-state index contributed by atoms with van der Waals surface area (Å²) in [5, 5.41) is 13.1. The van der Waals surface area contributed by atoms with E-state index in [0.717, 1.165) is 24.3 Å². The SMILES string of the molecule is COC(=O)c1ccccc1NC(=O)CCNS(=O)(=O)c1ccc([N+](=O)[O-])cc1. The molecule has 2 aromatic carbocycles. The fourth-order valence-electron chi connectivity index (χ4n) is 2.22. The molecule has 2 N–H and O–H groups in total. The molecule has 0 unspecified atom stereocenters. The molecule has 28 heavy (non-hydrogen) atoms. The van der Waals surface area contributed by atoms with Crippen molar-refractivity contribution in [3.63, 3.8) is 0 Å². The van der Waals surface area contributed by atoms with Gasteiger partial charge in [0.25, 0.3) is 5.69 Å². The van der Waals surface area contributed by atoms with Gasteiger partial charge in [-0.1, -0.05) is 12.1 Å². The van der Waals surface area contributed by atoms with Crippen molar-refractivity contribution in [1.82, 2.24) is 4.72 Å². The number of amides is 1. The molecule has 0 saturated carbocycles. The average molecular weight is 407 g/mol. The average Bonchev–Trinajstić information content (AvgIpc) is 2.67. The van der Waals surface area contributed by atoms with Gasteiger partial charge in [-0.3, -0.25) is 14.9 Å². The number of ether oxygens (including phenoxy) is 1. The van der Waals surface area contributed by atoms with E-state index in [2.05, 4.69) is 14.8 Å². The third-order valence-electron chi connectivity index (χ3n) is 3.61. The zero-order valence-electron chi connectivity index (χ0n) is 14.7. The quantitative estimate of drug-likeness (QED) is 0.385. The minimum absolute atomic E-state index is 0.158. The van der Waals surface area contributed by atoms with E-state index in [-0.39, 0.29) is 34.8 Å². The summed E-state index contributed by atoms with van der Waals surface area (Å²) in [5.74, 6) is -1.13. The van der Waals surface area contributed by atoms with E-state index in [0.29, 0.717) is 0 Å². The lowest BCUT2D eigenvalue weighted by molar-refractivity contribution is -0.384. The first-order valence-corrected chi connectivity index (χ1v) is 9.44. The summed E-state index contributed by atoms with van der Waals surface area (Å²) in [7, 11) is -2.71. The number of carbonyl (C=O) groups is 2. The van der Waals surface area contributed by atoms with Crippen LogP contribution in [0.25, 0.3) is 0 Å². The predicted molar refractivity (Wildman–Crippen MR) is 99.3 cm³/mol. The van der Waals surface area contributed by atoms with Gasteiger partial charge in [0.2, 0.25) is 15.9 Å². The largest absolute Gasteiger partial charge is 0.465 e. The Labute approximate surface area is 160 Å². The second-order valence-electron chi connectivity index (χ2n) is 5.48. The smallest absolute Gasteiger partial charge is 0.339 e. The van der Waals surface area contributed by atoms with Gasteiger partial charge < -0.3 is 10.1 Å². The van der Waals surface area contributed by atoms with Crippen LogP contribution in [0.4, 0.5) is 11.4 Å². The molecular formula is C17H17N3O7S. The van der Waals surface area contributed by atoms with Crippen molar-refractivity contribution >= 4 is 33.3 Å². The molecule has 0 fully saturated rings. The van der Waals surface area contributed by atoms with E-state index in [1.54, 1.807) is 12.1 Å². The maximum atomic E-state index is 12.2. The molecule has 0 bridgehead atoms. The molecule has 0 radical (unpaired) electrons. The molecule has 2 aromatic rings. The van der Waals surface area contributed by atoms with Gasteiger partial charge in [0.05, 0.1) is 28.2 Å². The molecule has 0 heterocycles. The van der Waals surface area contributed by atoms with E-state index in [1.165, 1.54) is 19.2 Å². The Morgan fingerprint density at radius 3 is 2.36 bits per heavy atom. The Hall–Kier alpha value is -3.31. The van der Waals surface area contributed by atoms with Gasteiger partial charge in [-0.25, -0.2) is 17.9 Å². The van der Waals surface area contributed by atoms with Crippen LogP contribution in [0, 0.1) is 10.1 Å². The zero-order chi connectivity index (χ0) is 20.7. The van der Waals surface area contributed by atoms with Crippen molar-refractivity contribution in [3.8, 4) is 0 Å². The molecule has 0 aliphatic carbocycles. The minimum atomic E-state index is -3.92. The molecule has 10 nitrogen and oxygen atoms in total. The lowest BCUT2D eigenvalue weighted by atomic mass is 10.1. The topological polar surface area (TPSA) is 145 Å². The van der Waals surface area contributed by atoms with Crippen LogP contribution >= 0.6 is 0 Å². The van der Waals surface area contributed by atoms with Gasteiger partial charge in [-0.05, 0) is 24.3 Å². The molecular weight excluding hydrogens is 390 g/mol. The highest BCUT2D eigenvalue weighted by Gasteiger charge is 2.17. The molecule has 1 amide bonds. The summed E-state index contributed by atoms with van der Waals surface area (Å²) in [4.78, 5) is 33.5. The van der Waals surface area contributed by atoms with E-state index >= 15 is 0 Å². The second-order valence-corrected chi connectivity index (χ2v) is 7.25. The molecule has 0 aliphatic heterocycles. The molecule has 11 heteroatoms. The van der Waals surface area contributed by atoms with Gasteiger partial charge in [0.15, 0.2) is 0 Å². The Balaban J connectivity index is 1.95. The Morgan fingerprint density at radius 2 is 1.75 bits per heavy atom. The monoisotopic (exact) mass is 407 g/mol. The van der Waals surface area contributed by atoms with Crippen LogP contribution in [0.3, 0.4) is 0 Å². The lowest BCUT2D eigenvalue weighted by Gasteiger charge is -2.10. The fraction of sp³-hybridized carbons (Fsp3) is 0.176. The summed E-state index contributed by atoms with van der Waals surface area (Å²) in [6.07, 6.45) is -0.193. The number of hydrogen-bond acceptors (Lipinski definition) is 7. The van der Waals surface area contributed by atoms with Crippen LogP contribution < -0.4 is 10.0 Å². The van der Waals surface area contributed by atoms with Crippen LogP contribution in [0.2, 0.25) is 0 Å². The van der Waals surface area contributed by atoms with Gasteiger partial charge in [0, 0.05) is 25.1 Å². The maximum Gasteiger partial charge on any atom is 0.339 e. The molecule has 0 aromatic heterocycles. The van der Waals surface area contributed by atoms with Gasteiger partial charge in [0.1, 0.15) is 0 Å². The number of esters is 1. The van der Waals surface area contributed by atoms with Gasteiger partial charge in [-0.15, -0.1) is 0 Å². The van der Waals surface area contributed by atoms with Gasteiger partial charge >= 0.3 is 5.97 Å². The molecule has 2 rings (SSSR count). The summed E-state index contributed by atoms with van der Waals surface area (Å²) < 4.78 is 31.2. The highest BCUT2D eigenvalue weighted by atomic mass is 32.2. The highest BCUT2D eigenvalue weighted by Crippen LogP contribution is 2.17. The van der Waals surface area contributed by atoms with Crippen molar-refractivity contribution < 1.29 is 27.7 Å². The van der Waals surface area contributed by atoms with E-state index in [1.807, 2.05) is 0 Å².